The summed E-state index contributed by atoms with van der Waals surface area (Å²) in [5.74, 6) is 0.634. The van der Waals surface area contributed by atoms with Crippen LogP contribution in [-0.2, 0) is 19.6 Å². The zero-order valence-electron chi connectivity index (χ0n) is 16.9. The smallest absolute Gasteiger partial charge is 0.160 e. The summed E-state index contributed by atoms with van der Waals surface area (Å²) < 4.78 is 5.18. The second-order valence-electron chi connectivity index (χ2n) is 7.17. The third-order valence-electron chi connectivity index (χ3n) is 5.18. The van der Waals surface area contributed by atoms with E-state index in [9.17, 15) is 10.2 Å². The standard InChI is InChI=1S/C24H25N3O3/c1-30-22-13-16(7-8-21(22)29)9-11-25-14-20-23(18-5-2-4-17(12-18)15-28)19-6-3-10-26-24(19)27-20/h2-8,10,12-13,25,28-29H,9,11,14-15H2,1H3,(H,26,27). The first-order valence-electron chi connectivity index (χ1n) is 9.92. The van der Waals surface area contributed by atoms with Gasteiger partial charge in [0.05, 0.1) is 13.7 Å². The predicted octanol–water partition coefficient (Wildman–Crippen LogP) is 3.77. The van der Waals surface area contributed by atoms with Crippen LogP contribution in [0.15, 0.2) is 60.8 Å². The van der Waals surface area contributed by atoms with Gasteiger partial charge in [0.25, 0.3) is 0 Å². The van der Waals surface area contributed by atoms with E-state index in [1.54, 1.807) is 19.4 Å². The molecule has 0 unspecified atom stereocenters. The highest BCUT2D eigenvalue weighted by Crippen LogP contribution is 2.32. The fourth-order valence-corrected chi connectivity index (χ4v) is 3.69. The predicted molar refractivity (Wildman–Crippen MR) is 118 cm³/mol. The van der Waals surface area contributed by atoms with Gasteiger partial charge in [0.2, 0.25) is 0 Å². The molecule has 0 aliphatic heterocycles. The minimum Gasteiger partial charge on any atom is -0.504 e. The van der Waals surface area contributed by atoms with Gasteiger partial charge in [-0.25, -0.2) is 4.98 Å². The number of hydrogen-bond acceptors (Lipinski definition) is 5. The average Bonchev–Trinajstić information content (AvgIpc) is 3.16. The maximum Gasteiger partial charge on any atom is 0.160 e. The Kier molecular flexibility index (Phi) is 5.97. The number of aromatic hydroxyl groups is 1. The van der Waals surface area contributed by atoms with Gasteiger partial charge in [-0.1, -0.05) is 24.3 Å². The van der Waals surface area contributed by atoms with Crippen LogP contribution in [0.25, 0.3) is 22.2 Å². The van der Waals surface area contributed by atoms with Crippen LogP contribution in [0.3, 0.4) is 0 Å². The minimum absolute atomic E-state index is 0.0120. The lowest BCUT2D eigenvalue weighted by molar-refractivity contribution is 0.282. The number of aliphatic hydroxyl groups is 1. The molecule has 4 rings (SSSR count). The van der Waals surface area contributed by atoms with Gasteiger partial charge in [-0.05, 0) is 60.0 Å². The lowest BCUT2D eigenvalue weighted by Crippen LogP contribution is -2.17. The van der Waals surface area contributed by atoms with Crippen LogP contribution >= 0.6 is 0 Å². The van der Waals surface area contributed by atoms with E-state index < -0.39 is 0 Å². The molecular formula is C24H25N3O3. The molecule has 0 aliphatic rings. The minimum atomic E-state index is 0.0120. The molecule has 0 bridgehead atoms. The molecular weight excluding hydrogens is 378 g/mol. The molecule has 0 amide bonds. The first kappa shape index (κ1) is 19.9. The number of nitrogens with one attached hydrogen (secondary N) is 2. The molecule has 0 saturated heterocycles. The SMILES string of the molecule is COc1cc(CCNCc2[nH]c3ncccc3c2-c2cccc(CO)c2)ccc1O. The number of aromatic amines is 1. The summed E-state index contributed by atoms with van der Waals surface area (Å²) >= 11 is 0. The van der Waals surface area contributed by atoms with Gasteiger partial charge in [0.15, 0.2) is 11.5 Å². The normalized spacial score (nSPS) is 11.1. The number of hydrogen-bond donors (Lipinski definition) is 4. The van der Waals surface area contributed by atoms with Crippen LogP contribution in [0, 0.1) is 0 Å². The van der Waals surface area contributed by atoms with Crippen molar-refractivity contribution in [2.75, 3.05) is 13.7 Å². The second kappa shape index (κ2) is 8.98. The van der Waals surface area contributed by atoms with E-state index >= 15 is 0 Å². The molecule has 6 nitrogen and oxygen atoms in total. The quantitative estimate of drug-likeness (QED) is 0.336. The van der Waals surface area contributed by atoms with Crippen molar-refractivity contribution >= 4 is 11.0 Å². The van der Waals surface area contributed by atoms with E-state index in [1.165, 1.54) is 0 Å². The molecule has 4 N–H and O–H groups in total. The van der Waals surface area contributed by atoms with Gasteiger partial charge >= 0.3 is 0 Å². The Labute approximate surface area is 175 Å². The number of ether oxygens (including phenoxy) is 1. The zero-order chi connectivity index (χ0) is 20.9. The van der Waals surface area contributed by atoms with Crippen LogP contribution in [-0.4, -0.2) is 33.8 Å². The zero-order valence-corrected chi connectivity index (χ0v) is 16.9. The van der Waals surface area contributed by atoms with E-state index in [1.807, 2.05) is 36.4 Å². The third kappa shape index (κ3) is 4.15. The molecule has 2 aromatic heterocycles. The van der Waals surface area contributed by atoms with Gasteiger partial charge < -0.3 is 25.3 Å². The first-order valence-corrected chi connectivity index (χ1v) is 9.92. The number of benzene rings is 2. The Balaban J connectivity index is 1.53. The largest absolute Gasteiger partial charge is 0.504 e. The highest BCUT2D eigenvalue weighted by Gasteiger charge is 2.14. The topological polar surface area (TPSA) is 90.4 Å². The van der Waals surface area contributed by atoms with E-state index in [0.29, 0.717) is 12.3 Å². The summed E-state index contributed by atoms with van der Waals surface area (Å²) in [6.07, 6.45) is 2.59. The van der Waals surface area contributed by atoms with Crippen molar-refractivity contribution in [1.82, 2.24) is 15.3 Å². The molecule has 2 heterocycles. The second-order valence-corrected chi connectivity index (χ2v) is 7.17. The molecule has 4 aromatic rings. The van der Waals surface area contributed by atoms with Gasteiger partial charge in [-0.3, -0.25) is 0 Å². The summed E-state index contributed by atoms with van der Waals surface area (Å²) in [6, 6.07) is 17.4. The van der Waals surface area contributed by atoms with Crippen LogP contribution in [0.4, 0.5) is 0 Å². The Morgan fingerprint density at radius 1 is 1.07 bits per heavy atom. The Hall–Kier alpha value is -3.35. The third-order valence-corrected chi connectivity index (χ3v) is 5.18. The number of fused-ring (bicyclic) bond motifs is 1. The highest BCUT2D eigenvalue weighted by atomic mass is 16.5. The van der Waals surface area contributed by atoms with Crippen molar-refractivity contribution in [2.45, 2.75) is 19.6 Å². The first-order chi connectivity index (χ1) is 14.7. The van der Waals surface area contributed by atoms with Gasteiger partial charge in [-0.2, -0.15) is 0 Å². The van der Waals surface area contributed by atoms with Crippen molar-refractivity contribution in [1.29, 1.82) is 0 Å². The number of rotatable bonds is 8. The Morgan fingerprint density at radius 2 is 1.97 bits per heavy atom. The molecule has 2 aromatic carbocycles. The lowest BCUT2D eigenvalue weighted by Gasteiger charge is -2.09. The van der Waals surface area contributed by atoms with E-state index in [2.05, 4.69) is 27.4 Å². The number of nitrogens with zero attached hydrogens (tertiary/aromatic N) is 1. The van der Waals surface area contributed by atoms with Gasteiger partial charge in [0, 0.05) is 29.4 Å². The molecule has 0 radical (unpaired) electrons. The number of phenolic OH excluding ortho intramolecular Hbond substituents is 1. The fraction of sp³-hybridized carbons (Fsp3) is 0.208. The molecule has 30 heavy (non-hydrogen) atoms. The number of aromatic nitrogens is 2. The average molecular weight is 403 g/mol. The lowest BCUT2D eigenvalue weighted by atomic mass is 10.0. The van der Waals surface area contributed by atoms with E-state index in [0.717, 1.165) is 51.9 Å². The summed E-state index contributed by atoms with van der Waals surface area (Å²) in [5.41, 5.74) is 6.04. The maximum absolute atomic E-state index is 9.73. The van der Waals surface area contributed by atoms with Gasteiger partial charge in [0.1, 0.15) is 5.65 Å². The Morgan fingerprint density at radius 3 is 2.80 bits per heavy atom. The van der Waals surface area contributed by atoms with Crippen molar-refractivity contribution < 1.29 is 14.9 Å². The molecule has 6 heteroatoms. The monoisotopic (exact) mass is 403 g/mol. The van der Waals surface area contributed by atoms with Crippen LogP contribution < -0.4 is 10.1 Å². The summed E-state index contributed by atoms with van der Waals surface area (Å²) in [7, 11) is 1.55. The number of phenols is 1. The van der Waals surface area contributed by atoms with Crippen LogP contribution in [0.1, 0.15) is 16.8 Å². The molecule has 154 valence electrons. The fourth-order valence-electron chi connectivity index (χ4n) is 3.69. The van der Waals surface area contributed by atoms with Crippen molar-refractivity contribution in [3.8, 4) is 22.6 Å². The Bertz CT molecular complexity index is 1150. The molecule has 0 spiro atoms. The van der Waals surface area contributed by atoms with Crippen molar-refractivity contribution in [2.24, 2.45) is 0 Å². The van der Waals surface area contributed by atoms with Gasteiger partial charge in [-0.15, -0.1) is 0 Å². The molecule has 0 fully saturated rings. The summed E-state index contributed by atoms with van der Waals surface area (Å²) in [6.45, 7) is 1.44. The number of aliphatic hydroxyl groups excluding tert-OH is 1. The van der Waals surface area contributed by atoms with Crippen LogP contribution in [0.2, 0.25) is 0 Å². The molecule has 0 atom stereocenters. The van der Waals surface area contributed by atoms with Crippen molar-refractivity contribution in [3.05, 3.63) is 77.6 Å². The van der Waals surface area contributed by atoms with Crippen molar-refractivity contribution in [3.63, 3.8) is 0 Å². The number of pyridine rings is 1. The number of methoxy groups -OCH3 is 1. The highest BCUT2D eigenvalue weighted by molar-refractivity contribution is 5.95. The molecule has 0 aliphatic carbocycles. The van der Waals surface area contributed by atoms with Crippen LogP contribution in [0.5, 0.6) is 11.5 Å². The summed E-state index contributed by atoms with van der Waals surface area (Å²) in [4.78, 5) is 7.90. The molecule has 0 saturated carbocycles. The summed E-state index contributed by atoms with van der Waals surface area (Å²) in [5, 5.41) is 23.8. The van der Waals surface area contributed by atoms with E-state index in [4.69, 9.17) is 4.74 Å². The number of H-pyrrole nitrogens is 1. The van der Waals surface area contributed by atoms with E-state index in [-0.39, 0.29) is 12.4 Å². The maximum atomic E-state index is 9.73.